The van der Waals surface area contributed by atoms with E-state index < -0.39 is 13.3 Å². The van der Waals surface area contributed by atoms with Gasteiger partial charge in [-0.15, -0.1) is 0 Å². The van der Waals surface area contributed by atoms with Crippen LogP contribution < -0.4 is 5.30 Å². The molecule has 1 aromatic carbocycles. The first kappa shape index (κ1) is 11.2. The normalized spacial score (nSPS) is 32.9. The molecule has 0 saturated carbocycles. The van der Waals surface area contributed by atoms with E-state index in [1.165, 1.54) is 18.2 Å². The van der Waals surface area contributed by atoms with E-state index in [1.807, 2.05) is 0 Å². The maximum absolute atomic E-state index is 13.8. The molecule has 3 rings (SSSR count). The predicted octanol–water partition coefficient (Wildman–Crippen LogP) is 1.84. The SMILES string of the molecule is O=P1(c2c(O)cccc2F)OC[C@@H]2CCCN21. The summed E-state index contributed by atoms with van der Waals surface area (Å²) in [6.45, 7) is 0.987. The molecule has 92 valence electrons. The predicted molar refractivity (Wildman–Crippen MR) is 61.0 cm³/mol. The highest BCUT2D eigenvalue weighted by Crippen LogP contribution is 2.59. The zero-order chi connectivity index (χ0) is 12.0. The minimum absolute atomic E-state index is 0.0971. The molecule has 0 radical (unpaired) electrons. The van der Waals surface area contributed by atoms with Gasteiger partial charge in [0.15, 0.2) is 0 Å². The van der Waals surface area contributed by atoms with Crippen molar-refractivity contribution in [2.75, 3.05) is 13.2 Å². The summed E-state index contributed by atoms with van der Waals surface area (Å²) in [6, 6.07) is 4.02. The number of hydrogen-bond acceptors (Lipinski definition) is 3. The number of halogens is 1. The van der Waals surface area contributed by atoms with Crippen LogP contribution in [0.3, 0.4) is 0 Å². The topological polar surface area (TPSA) is 49.8 Å². The summed E-state index contributed by atoms with van der Waals surface area (Å²) < 4.78 is 33.6. The fourth-order valence-corrected chi connectivity index (χ4v) is 5.21. The van der Waals surface area contributed by atoms with Gasteiger partial charge in [0.2, 0.25) is 0 Å². The number of fused-ring (bicyclic) bond motifs is 1. The third-order valence-corrected chi connectivity index (χ3v) is 6.08. The van der Waals surface area contributed by atoms with Crippen LogP contribution in [0.5, 0.6) is 5.75 Å². The molecule has 2 heterocycles. The lowest BCUT2D eigenvalue weighted by molar-refractivity contribution is 0.330. The van der Waals surface area contributed by atoms with Crippen LogP contribution >= 0.6 is 7.52 Å². The minimum Gasteiger partial charge on any atom is -0.507 e. The highest BCUT2D eigenvalue weighted by atomic mass is 31.2. The molecule has 0 amide bonds. The fraction of sp³-hybridized carbons (Fsp3) is 0.455. The van der Waals surface area contributed by atoms with Crippen LogP contribution in [0.15, 0.2) is 18.2 Å². The summed E-state index contributed by atoms with van der Waals surface area (Å²) in [6.07, 6.45) is 1.85. The Bertz CT molecular complexity index is 487. The first-order valence-corrected chi connectivity index (χ1v) is 7.20. The number of benzene rings is 1. The van der Waals surface area contributed by atoms with Gasteiger partial charge in [-0.05, 0) is 25.0 Å². The molecule has 0 aliphatic carbocycles. The van der Waals surface area contributed by atoms with E-state index >= 15 is 0 Å². The quantitative estimate of drug-likeness (QED) is 0.780. The molecule has 2 fully saturated rings. The zero-order valence-corrected chi connectivity index (χ0v) is 10.1. The second-order valence-corrected chi connectivity index (χ2v) is 6.64. The Morgan fingerprint density at radius 2 is 2.35 bits per heavy atom. The van der Waals surface area contributed by atoms with Gasteiger partial charge < -0.3 is 9.63 Å². The van der Waals surface area contributed by atoms with E-state index in [0.29, 0.717) is 13.2 Å². The molecule has 0 aromatic heterocycles. The number of rotatable bonds is 1. The Labute approximate surface area is 98.5 Å². The number of aromatic hydroxyl groups is 1. The van der Waals surface area contributed by atoms with Crippen molar-refractivity contribution in [2.45, 2.75) is 18.9 Å². The van der Waals surface area contributed by atoms with E-state index in [2.05, 4.69) is 0 Å². The van der Waals surface area contributed by atoms with Gasteiger partial charge >= 0.3 is 7.52 Å². The third-order valence-electron chi connectivity index (χ3n) is 3.37. The van der Waals surface area contributed by atoms with E-state index in [-0.39, 0.29) is 17.1 Å². The van der Waals surface area contributed by atoms with E-state index in [0.717, 1.165) is 12.8 Å². The molecule has 2 aliphatic heterocycles. The fourth-order valence-electron chi connectivity index (χ4n) is 2.57. The molecule has 1 unspecified atom stereocenters. The van der Waals surface area contributed by atoms with Gasteiger partial charge in [-0.3, -0.25) is 4.57 Å². The van der Waals surface area contributed by atoms with Gasteiger partial charge in [-0.1, -0.05) is 6.07 Å². The lowest BCUT2D eigenvalue weighted by Crippen LogP contribution is -2.26. The average molecular weight is 257 g/mol. The molecule has 1 N–H and O–H groups in total. The smallest absolute Gasteiger partial charge is 0.309 e. The Morgan fingerprint density at radius 3 is 3.12 bits per heavy atom. The molecule has 2 saturated heterocycles. The van der Waals surface area contributed by atoms with Crippen molar-refractivity contribution in [1.29, 1.82) is 0 Å². The van der Waals surface area contributed by atoms with Crippen LogP contribution in [0.2, 0.25) is 0 Å². The Morgan fingerprint density at radius 1 is 1.53 bits per heavy atom. The number of nitrogens with zero attached hydrogens (tertiary/aromatic N) is 1. The lowest BCUT2D eigenvalue weighted by Gasteiger charge is -2.22. The van der Waals surface area contributed by atoms with Crippen molar-refractivity contribution in [2.24, 2.45) is 0 Å². The van der Waals surface area contributed by atoms with Crippen LogP contribution in [0.25, 0.3) is 0 Å². The second kappa shape index (κ2) is 3.80. The van der Waals surface area contributed by atoms with Crippen molar-refractivity contribution in [3.8, 4) is 5.75 Å². The van der Waals surface area contributed by atoms with Gasteiger partial charge in [0, 0.05) is 12.6 Å². The van der Waals surface area contributed by atoms with Gasteiger partial charge in [-0.2, -0.15) is 0 Å². The molecular formula is C11H13FNO3P. The maximum Gasteiger partial charge on any atom is 0.309 e. The van der Waals surface area contributed by atoms with E-state index in [1.54, 1.807) is 4.67 Å². The van der Waals surface area contributed by atoms with E-state index in [4.69, 9.17) is 4.52 Å². The van der Waals surface area contributed by atoms with Crippen LogP contribution in [0, 0.1) is 5.82 Å². The first-order chi connectivity index (χ1) is 8.13. The number of hydrogen-bond donors (Lipinski definition) is 1. The van der Waals surface area contributed by atoms with Gasteiger partial charge in [0.1, 0.15) is 16.9 Å². The summed E-state index contributed by atoms with van der Waals surface area (Å²) in [7, 11) is -3.39. The summed E-state index contributed by atoms with van der Waals surface area (Å²) >= 11 is 0. The second-order valence-electron chi connectivity index (χ2n) is 4.38. The summed E-state index contributed by atoms with van der Waals surface area (Å²) in [5, 5.41) is 9.54. The van der Waals surface area contributed by atoms with Crippen molar-refractivity contribution in [3.05, 3.63) is 24.0 Å². The van der Waals surface area contributed by atoms with Crippen molar-refractivity contribution in [3.63, 3.8) is 0 Å². The zero-order valence-electron chi connectivity index (χ0n) is 9.17. The van der Waals surface area contributed by atoms with Gasteiger partial charge in [0.05, 0.1) is 6.61 Å². The molecule has 4 nitrogen and oxygen atoms in total. The minimum atomic E-state index is -3.39. The van der Waals surface area contributed by atoms with Crippen molar-refractivity contribution < 1.29 is 18.6 Å². The standard InChI is InChI=1S/C11H13FNO3P/c12-9-4-1-5-10(14)11(9)17(15)13-6-2-3-8(13)7-16-17/h1,4-5,8,14H,2-3,6-7H2/t8-,17?/m0/s1. The lowest BCUT2D eigenvalue weighted by atomic mass is 10.2. The number of phenols is 1. The molecular weight excluding hydrogens is 244 g/mol. The van der Waals surface area contributed by atoms with Crippen LogP contribution in [0.4, 0.5) is 4.39 Å². The summed E-state index contributed by atoms with van der Waals surface area (Å²) in [5.74, 6) is -0.957. The molecule has 17 heavy (non-hydrogen) atoms. The monoisotopic (exact) mass is 257 g/mol. The van der Waals surface area contributed by atoms with E-state index in [9.17, 15) is 14.1 Å². The van der Waals surface area contributed by atoms with Crippen molar-refractivity contribution >= 4 is 12.8 Å². The van der Waals surface area contributed by atoms with Crippen LogP contribution in [-0.4, -0.2) is 29.0 Å². The molecule has 2 aliphatic rings. The largest absolute Gasteiger partial charge is 0.507 e. The van der Waals surface area contributed by atoms with Gasteiger partial charge in [0.25, 0.3) is 0 Å². The highest BCUT2D eigenvalue weighted by Gasteiger charge is 2.49. The van der Waals surface area contributed by atoms with Gasteiger partial charge in [-0.25, -0.2) is 9.06 Å². The molecule has 0 spiro atoms. The summed E-state index contributed by atoms with van der Waals surface area (Å²) in [4.78, 5) is 0. The van der Waals surface area contributed by atoms with Crippen LogP contribution in [-0.2, 0) is 9.09 Å². The maximum atomic E-state index is 13.8. The van der Waals surface area contributed by atoms with Crippen LogP contribution in [0.1, 0.15) is 12.8 Å². The Kier molecular flexibility index (Phi) is 2.51. The molecule has 0 bridgehead atoms. The average Bonchev–Trinajstić information content (AvgIpc) is 2.84. The molecule has 6 heteroatoms. The molecule has 1 aromatic rings. The van der Waals surface area contributed by atoms with Crippen molar-refractivity contribution in [1.82, 2.24) is 4.67 Å². The Balaban J connectivity index is 2.12. The summed E-state index contributed by atoms with van der Waals surface area (Å²) in [5.41, 5.74) is 0. The first-order valence-electron chi connectivity index (χ1n) is 5.62. The Hall–Kier alpha value is -0.900. The third kappa shape index (κ3) is 1.53. The molecule has 2 atom stereocenters. The number of phenolic OH excluding ortho intramolecular Hbond substituents is 1. The highest BCUT2D eigenvalue weighted by molar-refractivity contribution is 7.65.